The van der Waals surface area contributed by atoms with Gasteiger partial charge in [0.05, 0.1) is 0 Å². The van der Waals surface area contributed by atoms with Crippen LogP contribution in [-0.2, 0) is 11.2 Å². The Morgan fingerprint density at radius 2 is 1.80 bits per heavy atom. The summed E-state index contributed by atoms with van der Waals surface area (Å²) in [7, 11) is 1.41. The minimum atomic E-state index is -1.03. The molecule has 1 heterocycles. The van der Waals surface area contributed by atoms with Crippen molar-refractivity contribution in [2.75, 3.05) is 7.05 Å². The number of halogens is 1. The number of thioether (sulfide) groups is 1. The van der Waals surface area contributed by atoms with E-state index in [0.717, 1.165) is 5.39 Å². The summed E-state index contributed by atoms with van der Waals surface area (Å²) in [5, 5.41) is 5.18. The first-order chi connectivity index (χ1) is 14.4. The maximum absolute atomic E-state index is 12.7. The van der Waals surface area contributed by atoms with Crippen molar-refractivity contribution in [1.29, 1.82) is 0 Å². The number of carbonyl (C=O) groups is 3. The van der Waals surface area contributed by atoms with Crippen molar-refractivity contribution >= 4 is 50.5 Å². The molecule has 1 unspecified atom stereocenters. The number of carbonyl (C=O) groups excluding carboxylic acids is 3. The molecule has 3 rings (SSSR count). The molecule has 0 aliphatic heterocycles. The van der Waals surface area contributed by atoms with Gasteiger partial charge >= 0.3 is 0 Å². The first kappa shape index (κ1) is 21.6. The van der Waals surface area contributed by atoms with Crippen LogP contribution in [0.5, 0.6) is 0 Å². The lowest BCUT2D eigenvalue weighted by atomic mass is 10.0. The number of para-hydroxylation sites is 1. The first-order valence-corrected chi connectivity index (χ1v) is 10.2. The molecular weight excluding hydrogens is 426 g/mol. The van der Waals surface area contributed by atoms with Crippen molar-refractivity contribution < 1.29 is 14.4 Å². The highest BCUT2D eigenvalue weighted by Gasteiger charge is 2.25. The molecule has 0 fully saturated rings. The number of benzene rings is 2. The number of pyridine rings is 1. The third-order valence-corrected chi connectivity index (χ3v) is 5.48. The third-order valence-electron chi connectivity index (χ3n) is 4.35. The van der Waals surface area contributed by atoms with Crippen LogP contribution in [0.2, 0.25) is 5.02 Å². The number of rotatable bonds is 5. The van der Waals surface area contributed by atoms with E-state index in [1.807, 2.05) is 12.1 Å². The Hall–Kier alpha value is -3.10. The van der Waals surface area contributed by atoms with E-state index in [1.54, 1.807) is 24.3 Å². The maximum atomic E-state index is 12.7. The number of hydrogen-bond acceptors (Lipinski definition) is 5. The summed E-state index contributed by atoms with van der Waals surface area (Å²) < 4.78 is 0. The van der Waals surface area contributed by atoms with E-state index >= 15 is 0 Å². The predicted molar refractivity (Wildman–Crippen MR) is 118 cm³/mol. The Morgan fingerprint density at radius 1 is 1.10 bits per heavy atom. The quantitative estimate of drug-likeness (QED) is 0.561. The zero-order chi connectivity index (χ0) is 21.7. The van der Waals surface area contributed by atoms with E-state index in [4.69, 9.17) is 11.6 Å². The van der Waals surface area contributed by atoms with Gasteiger partial charge in [-0.15, -0.1) is 0 Å². The first-order valence-electron chi connectivity index (χ1n) is 8.98. The summed E-state index contributed by atoms with van der Waals surface area (Å²) in [5.41, 5.74) is 1.20. The topological polar surface area (TPSA) is 108 Å². The van der Waals surface area contributed by atoms with Crippen molar-refractivity contribution in [2.45, 2.75) is 12.5 Å². The van der Waals surface area contributed by atoms with Crippen molar-refractivity contribution in [3.63, 3.8) is 0 Å². The van der Waals surface area contributed by atoms with Crippen LogP contribution in [0.1, 0.15) is 15.9 Å². The Labute approximate surface area is 181 Å². The summed E-state index contributed by atoms with van der Waals surface area (Å²) in [6.07, 6.45) is 0.0482. The molecule has 0 aliphatic rings. The number of amides is 2. The second-order valence-corrected chi connectivity index (χ2v) is 7.81. The molecule has 0 aliphatic carbocycles. The molecule has 154 valence electrons. The molecule has 3 aromatic rings. The van der Waals surface area contributed by atoms with E-state index in [1.165, 1.54) is 25.2 Å². The van der Waals surface area contributed by atoms with Crippen LogP contribution in [0.25, 0.3) is 10.9 Å². The molecular formula is C21H18ClN3O4S. The largest absolute Gasteiger partial charge is 0.350 e. The van der Waals surface area contributed by atoms with Crippen LogP contribution < -0.4 is 16.2 Å². The van der Waals surface area contributed by atoms with Gasteiger partial charge in [0.1, 0.15) is 6.04 Å². The third kappa shape index (κ3) is 5.28. The number of aromatic amines is 1. The molecule has 0 saturated heterocycles. The van der Waals surface area contributed by atoms with Crippen LogP contribution in [0.4, 0.5) is 4.79 Å². The van der Waals surface area contributed by atoms with Gasteiger partial charge in [-0.2, -0.15) is 0 Å². The van der Waals surface area contributed by atoms with E-state index in [2.05, 4.69) is 15.6 Å². The van der Waals surface area contributed by atoms with E-state index in [-0.39, 0.29) is 12.0 Å². The molecule has 1 aromatic heterocycles. The van der Waals surface area contributed by atoms with Gasteiger partial charge < -0.3 is 15.6 Å². The normalized spacial score (nSPS) is 11.7. The molecule has 1 atom stereocenters. The van der Waals surface area contributed by atoms with Crippen molar-refractivity contribution in [2.24, 2.45) is 0 Å². The van der Waals surface area contributed by atoms with Crippen LogP contribution in [-0.4, -0.2) is 34.3 Å². The molecule has 9 heteroatoms. The van der Waals surface area contributed by atoms with Gasteiger partial charge in [0.25, 0.3) is 11.1 Å². The Bertz CT molecular complexity index is 1160. The summed E-state index contributed by atoms with van der Waals surface area (Å²) in [5.74, 6) is -0.489. The fourth-order valence-corrected chi connectivity index (χ4v) is 3.61. The highest BCUT2D eigenvalue weighted by Crippen LogP contribution is 2.19. The molecule has 2 amide bonds. The summed E-state index contributed by atoms with van der Waals surface area (Å²) in [6, 6.07) is 13.7. The summed E-state index contributed by atoms with van der Waals surface area (Å²) in [4.78, 5) is 51.9. The van der Waals surface area contributed by atoms with Crippen molar-refractivity contribution in [1.82, 2.24) is 15.6 Å². The van der Waals surface area contributed by atoms with Gasteiger partial charge in [-0.3, -0.25) is 19.2 Å². The summed E-state index contributed by atoms with van der Waals surface area (Å²) in [6.45, 7) is 0. The molecule has 0 spiro atoms. The highest BCUT2D eigenvalue weighted by molar-refractivity contribution is 8.26. The maximum Gasteiger partial charge on any atom is 0.286 e. The van der Waals surface area contributed by atoms with E-state index < -0.39 is 22.3 Å². The molecule has 2 aromatic carbocycles. The SMILES string of the molecule is CNC(=O)SC(=O)C(Cc1cc(=O)[nH]c2ccccc12)NC(=O)c1ccc(Cl)cc1. The minimum Gasteiger partial charge on any atom is -0.350 e. The average Bonchev–Trinajstić information content (AvgIpc) is 2.73. The van der Waals surface area contributed by atoms with Gasteiger partial charge in [-0.05, 0) is 35.9 Å². The van der Waals surface area contributed by atoms with Crippen LogP contribution in [0, 0.1) is 0 Å². The standard InChI is InChI=1S/C21H18ClN3O4S/c1-23-21(29)30-20(28)17(25-19(27)12-6-8-14(22)9-7-12)10-13-11-18(26)24-16-5-3-2-4-15(13)16/h2-9,11,17H,10H2,1H3,(H,23,29)(H,24,26)(H,25,27). The average molecular weight is 444 g/mol. The Morgan fingerprint density at radius 3 is 2.50 bits per heavy atom. The second kappa shape index (κ2) is 9.60. The lowest BCUT2D eigenvalue weighted by molar-refractivity contribution is -0.112. The predicted octanol–water partition coefficient (Wildman–Crippen LogP) is 3.12. The smallest absolute Gasteiger partial charge is 0.286 e. The molecule has 0 radical (unpaired) electrons. The summed E-state index contributed by atoms with van der Waals surface area (Å²) >= 11 is 6.32. The van der Waals surface area contributed by atoms with Crippen LogP contribution >= 0.6 is 23.4 Å². The number of fused-ring (bicyclic) bond motifs is 1. The van der Waals surface area contributed by atoms with E-state index in [0.29, 0.717) is 33.4 Å². The minimum absolute atomic E-state index is 0.0482. The van der Waals surface area contributed by atoms with E-state index in [9.17, 15) is 19.2 Å². The van der Waals surface area contributed by atoms with Gasteiger partial charge in [0.2, 0.25) is 10.7 Å². The van der Waals surface area contributed by atoms with Gasteiger partial charge in [0, 0.05) is 52.8 Å². The molecule has 30 heavy (non-hydrogen) atoms. The number of H-pyrrole nitrogens is 1. The monoisotopic (exact) mass is 443 g/mol. The molecule has 7 nitrogen and oxygen atoms in total. The fraction of sp³-hybridized carbons (Fsp3) is 0.143. The molecule has 0 bridgehead atoms. The van der Waals surface area contributed by atoms with Crippen molar-refractivity contribution in [3.05, 3.63) is 81.1 Å². The number of aromatic nitrogens is 1. The van der Waals surface area contributed by atoms with Crippen molar-refractivity contribution in [3.8, 4) is 0 Å². The lowest BCUT2D eigenvalue weighted by Gasteiger charge is -2.18. The van der Waals surface area contributed by atoms with Gasteiger partial charge in [0.15, 0.2) is 0 Å². The Kier molecular flexibility index (Phi) is 6.91. The molecule has 0 saturated carbocycles. The van der Waals surface area contributed by atoms with Crippen LogP contribution in [0.3, 0.4) is 0 Å². The lowest BCUT2D eigenvalue weighted by Crippen LogP contribution is -2.42. The van der Waals surface area contributed by atoms with Gasteiger partial charge in [-0.25, -0.2) is 0 Å². The number of hydrogen-bond donors (Lipinski definition) is 3. The fourth-order valence-electron chi connectivity index (χ4n) is 2.92. The zero-order valence-electron chi connectivity index (χ0n) is 15.9. The molecule has 3 N–H and O–H groups in total. The zero-order valence-corrected chi connectivity index (χ0v) is 17.5. The van der Waals surface area contributed by atoms with Crippen LogP contribution in [0.15, 0.2) is 59.4 Å². The second-order valence-electron chi connectivity index (χ2n) is 6.40. The Balaban J connectivity index is 1.92. The number of nitrogens with one attached hydrogen (secondary N) is 3. The highest BCUT2D eigenvalue weighted by atomic mass is 35.5. The van der Waals surface area contributed by atoms with Gasteiger partial charge in [-0.1, -0.05) is 29.8 Å².